The summed E-state index contributed by atoms with van der Waals surface area (Å²) in [6.07, 6.45) is 3.83. The number of aliphatic imine (C=N–C) groups is 1. The first kappa shape index (κ1) is 21.8. The van der Waals surface area contributed by atoms with Crippen LogP contribution in [-0.2, 0) is 11.2 Å². The van der Waals surface area contributed by atoms with Gasteiger partial charge < -0.3 is 19.9 Å². The smallest absolute Gasteiger partial charge is 0.188 e. The summed E-state index contributed by atoms with van der Waals surface area (Å²) in [5.41, 5.74) is 4.70. The van der Waals surface area contributed by atoms with Crippen molar-refractivity contribution in [3.63, 3.8) is 0 Å². The first-order valence-electron chi connectivity index (χ1n) is 11.1. The molecule has 1 unspecified atom stereocenters. The van der Waals surface area contributed by atoms with Crippen LogP contribution < -0.4 is 10.1 Å². The number of hydrogen-bond donors (Lipinski definition) is 2. The van der Waals surface area contributed by atoms with Crippen molar-refractivity contribution in [1.29, 1.82) is 0 Å². The second kappa shape index (κ2) is 9.44. The number of aliphatic hydroxyl groups is 1. The first-order valence-corrected chi connectivity index (χ1v) is 11.1. The molecule has 0 saturated carbocycles. The molecule has 2 N–H and O–H groups in total. The van der Waals surface area contributed by atoms with Crippen molar-refractivity contribution in [2.75, 3.05) is 18.5 Å². The van der Waals surface area contributed by atoms with Gasteiger partial charge in [0.15, 0.2) is 5.90 Å². The van der Waals surface area contributed by atoms with Crippen molar-refractivity contribution < 1.29 is 14.6 Å². The number of nitrogens with zero attached hydrogens (tertiary/aromatic N) is 4. The highest BCUT2D eigenvalue weighted by Crippen LogP contribution is 2.30. The van der Waals surface area contributed by atoms with Gasteiger partial charge in [0.2, 0.25) is 0 Å². The summed E-state index contributed by atoms with van der Waals surface area (Å²) < 4.78 is 11.6. The quantitative estimate of drug-likeness (QED) is 0.423. The van der Waals surface area contributed by atoms with Gasteiger partial charge in [-0.05, 0) is 67.4 Å². The number of hydrogen-bond acceptors (Lipinski definition) is 8. The highest BCUT2D eigenvalue weighted by Gasteiger charge is 2.18. The maximum absolute atomic E-state index is 9.27. The molecule has 8 heteroatoms. The number of rotatable bonds is 7. The Hall–Kier alpha value is -4.04. The third-order valence-corrected chi connectivity index (χ3v) is 5.58. The lowest BCUT2D eigenvalue weighted by Crippen LogP contribution is -2.10. The van der Waals surface area contributed by atoms with Gasteiger partial charge in [-0.1, -0.05) is 6.07 Å². The van der Waals surface area contributed by atoms with Crippen LogP contribution in [0.2, 0.25) is 0 Å². The number of aromatic nitrogens is 3. The standard InChI is InChI=1S/C26H25N5O3/c1-16-9-19(5-8-24(16)34-21-6-3-17(2)27-12-21)31-26-22-10-18(4-7-23(22)28-15-29-26)11-25-30-20(13-32)14-33-25/h3-10,12,15,20,32H,11,13-14H2,1-2H3,(H,28,29,31). The minimum absolute atomic E-state index is 0.00567. The van der Waals surface area contributed by atoms with E-state index in [0.717, 1.165) is 39.2 Å². The number of aryl methyl sites for hydroxylation is 2. The topological polar surface area (TPSA) is 102 Å². The molecule has 8 nitrogen and oxygen atoms in total. The van der Waals surface area contributed by atoms with Gasteiger partial charge in [-0.25, -0.2) is 15.0 Å². The van der Waals surface area contributed by atoms with Gasteiger partial charge in [0.05, 0.1) is 18.3 Å². The van der Waals surface area contributed by atoms with E-state index in [1.165, 1.54) is 0 Å². The first-order chi connectivity index (χ1) is 16.6. The number of ether oxygens (including phenoxy) is 2. The molecular formula is C26H25N5O3. The number of fused-ring (bicyclic) bond motifs is 1. The van der Waals surface area contributed by atoms with Gasteiger partial charge in [0, 0.05) is 23.2 Å². The van der Waals surface area contributed by atoms with Gasteiger partial charge in [-0.2, -0.15) is 0 Å². The molecule has 0 radical (unpaired) electrons. The molecule has 4 aromatic rings. The Bertz CT molecular complexity index is 1350. The van der Waals surface area contributed by atoms with E-state index in [0.29, 0.717) is 30.5 Å². The van der Waals surface area contributed by atoms with Crippen LogP contribution in [0.1, 0.15) is 16.8 Å². The van der Waals surface area contributed by atoms with E-state index in [9.17, 15) is 5.11 Å². The van der Waals surface area contributed by atoms with Gasteiger partial charge in [-0.3, -0.25) is 4.98 Å². The zero-order chi connectivity index (χ0) is 23.5. The molecule has 1 aliphatic heterocycles. The van der Waals surface area contributed by atoms with E-state index in [1.807, 2.05) is 62.4 Å². The zero-order valence-corrected chi connectivity index (χ0v) is 19.0. The minimum Gasteiger partial charge on any atom is -0.478 e. The van der Waals surface area contributed by atoms with Crippen LogP contribution in [0.3, 0.4) is 0 Å². The molecule has 2 aromatic heterocycles. The predicted molar refractivity (Wildman–Crippen MR) is 131 cm³/mol. The van der Waals surface area contributed by atoms with Crippen LogP contribution in [-0.4, -0.2) is 45.2 Å². The Balaban J connectivity index is 1.36. The summed E-state index contributed by atoms with van der Waals surface area (Å²) in [7, 11) is 0. The third kappa shape index (κ3) is 4.82. The normalized spacial score (nSPS) is 15.1. The van der Waals surface area contributed by atoms with Crippen LogP contribution in [0.4, 0.5) is 11.5 Å². The van der Waals surface area contributed by atoms with Gasteiger partial charge in [-0.15, -0.1) is 0 Å². The highest BCUT2D eigenvalue weighted by molar-refractivity contribution is 5.92. The lowest BCUT2D eigenvalue weighted by molar-refractivity contribution is 0.226. The van der Waals surface area contributed by atoms with E-state index in [-0.39, 0.29) is 12.6 Å². The monoisotopic (exact) mass is 455 g/mol. The van der Waals surface area contributed by atoms with Crippen molar-refractivity contribution in [2.24, 2.45) is 4.99 Å². The molecule has 172 valence electrons. The van der Waals surface area contributed by atoms with E-state index in [1.54, 1.807) is 12.5 Å². The molecule has 0 spiro atoms. The molecule has 5 rings (SSSR count). The molecule has 0 fully saturated rings. The fourth-order valence-corrected chi connectivity index (χ4v) is 3.77. The van der Waals surface area contributed by atoms with Crippen LogP contribution in [0.25, 0.3) is 10.9 Å². The Morgan fingerprint density at radius 2 is 1.97 bits per heavy atom. The lowest BCUT2D eigenvalue weighted by atomic mass is 10.1. The molecule has 3 heterocycles. The lowest BCUT2D eigenvalue weighted by Gasteiger charge is -2.13. The molecule has 0 bridgehead atoms. The minimum atomic E-state index is -0.173. The average Bonchev–Trinajstić information content (AvgIpc) is 3.30. The Morgan fingerprint density at radius 1 is 1.06 bits per heavy atom. The summed E-state index contributed by atoms with van der Waals surface area (Å²) in [4.78, 5) is 17.5. The molecule has 0 amide bonds. The molecule has 0 saturated heterocycles. The summed E-state index contributed by atoms with van der Waals surface area (Å²) in [6, 6.07) is 15.6. The second-order valence-corrected chi connectivity index (χ2v) is 8.26. The second-order valence-electron chi connectivity index (χ2n) is 8.26. The Kier molecular flexibility index (Phi) is 6.05. The van der Waals surface area contributed by atoms with Gasteiger partial charge in [0.25, 0.3) is 0 Å². The molecule has 1 aliphatic rings. The van der Waals surface area contributed by atoms with Crippen LogP contribution in [0.15, 0.2) is 66.0 Å². The van der Waals surface area contributed by atoms with Crippen molar-refractivity contribution in [3.8, 4) is 11.5 Å². The molecule has 0 aliphatic carbocycles. The van der Waals surface area contributed by atoms with Crippen LogP contribution in [0, 0.1) is 13.8 Å². The fourth-order valence-electron chi connectivity index (χ4n) is 3.77. The molecule has 1 atom stereocenters. The number of anilines is 2. The van der Waals surface area contributed by atoms with Gasteiger partial charge in [0.1, 0.15) is 36.3 Å². The van der Waals surface area contributed by atoms with E-state index < -0.39 is 0 Å². The van der Waals surface area contributed by atoms with Gasteiger partial charge >= 0.3 is 0 Å². The van der Waals surface area contributed by atoms with E-state index >= 15 is 0 Å². The van der Waals surface area contributed by atoms with Crippen LogP contribution in [0.5, 0.6) is 11.5 Å². The Labute approximate surface area is 197 Å². The van der Waals surface area contributed by atoms with Crippen molar-refractivity contribution in [1.82, 2.24) is 15.0 Å². The number of benzene rings is 2. The SMILES string of the molecule is Cc1ccc(Oc2ccc(Nc3ncnc4ccc(CC5=NC(CO)CO5)cc34)cc2C)cn1. The maximum Gasteiger partial charge on any atom is 0.188 e. The summed E-state index contributed by atoms with van der Waals surface area (Å²) in [6.45, 7) is 4.36. The number of aliphatic hydroxyl groups excluding tert-OH is 1. The number of pyridine rings is 1. The van der Waals surface area contributed by atoms with E-state index in [4.69, 9.17) is 9.47 Å². The van der Waals surface area contributed by atoms with Crippen LogP contribution >= 0.6 is 0 Å². The zero-order valence-electron chi connectivity index (χ0n) is 19.0. The maximum atomic E-state index is 9.27. The largest absolute Gasteiger partial charge is 0.478 e. The van der Waals surface area contributed by atoms with E-state index in [2.05, 4.69) is 25.3 Å². The fraction of sp³-hybridized carbons (Fsp3) is 0.231. The third-order valence-electron chi connectivity index (χ3n) is 5.58. The summed E-state index contributed by atoms with van der Waals surface area (Å²) >= 11 is 0. The molecule has 34 heavy (non-hydrogen) atoms. The van der Waals surface area contributed by atoms with Crippen molar-refractivity contribution >= 4 is 28.3 Å². The summed E-state index contributed by atoms with van der Waals surface area (Å²) in [5.74, 6) is 2.82. The Morgan fingerprint density at radius 3 is 2.74 bits per heavy atom. The van der Waals surface area contributed by atoms with Crippen molar-refractivity contribution in [3.05, 3.63) is 77.9 Å². The highest BCUT2D eigenvalue weighted by atomic mass is 16.5. The summed E-state index contributed by atoms with van der Waals surface area (Å²) in [5, 5.41) is 13.6. The molecular weight excluding hydrogens is 430 g/mol. The number of nitrogens with one attached hydrogen (secondary N) is 1. The average molecular weight is 456 g/mol. The predicted octanol–water partition coefficient (Wildman–Crippen LogP) is 4.51. The van der Waals surface area contributed by atoms with Crippen molar-refractivity contribution in [2.45, 2.75) is 26.3 Å². The molecule has 2 aromatic carbocycles.